The van der Waals surface area contributed by atoms with Crippen molar-refractivity contribution in [2.45, 2.75) is 13.3 Å². The number of Topliss-reactive ketones (excluding diaryl/α,β-unsaturated/α-hetero) is 2. The number of nitrogens with one attached hydrogen (secondary N) is 1. The number of hydrogen-bond donors (Lipinski definition) is 1. The third-order valence-corrected chi connectivity index (χ3v) is 2.06. The highest BCUT2D eigenvalue weighted by Crippen LogP contribution is 2.11. The first kappa shape index (κ1) is 9.58. The Hall–Kier alpha value is -1.97. The van der Waals surface area contributed by atoms with E-state index in [-0.39, 0.29) is 23.8 Å². The fraction of sp³-hybridized carbons (Fsp3) is 0.182. The Bertz CT molecular complexity index is 495. The van der Waals surface area contributed by atoms with Crippen molar-refractivity contribution in [2.75, 3.05) is 0 Å². The molecule has 0 radical (unpaired) electrons. The van der Waals surface area contributed by atoms with E-state index in [4.69, 9.17) is 0 Å². The predicted octanol–water partition coefficient (Wildman–Crippen LogP) is 1.72. The average Bonchev–Trinajstić information content (AvgIpc) is 2.59. The minimum absolute atomic E-state index is 0.0974. The van der Waals surface area contributed by atoms with Crippen LogP contribution in [0.25, 0.3) is 11.0 Å². The van der Waals surface area contributed by atoms with Crippen LogP contribution >= 0.6 is 0 Å². The number of rotatable bonds is 3. The summed E-state index contributed by atoms with van der Waals surface area (Å²) in [6, 6.07) is 7.37. The molecule has 4 heteroatoms. The number of nitrogens with zero attached hydrogens (tertiary/aromatic N) is 1. The van der Waals surface area contributed by atoms with E-state index < -0.39 is 0 Å². The molecule has 0 fully saturated rings. The molecule has 2 rings (SSSR count). The minimum Gasteiger partial charge on any atom is -0.335 e. The molecule has 0 aliphatic rings. The summed E-state index contributed by atoms with van der Waals surface area (Å²) < 4.78 is 0. The SMILES string of the molecule is CC(=O)CC(=O)c1nc2ccccc2[nH]1. The quantitative estimate of drug-likeness (QED) is 0.609. The molecule has 0 atom stereocenters. The molecule has 1 N–H and O–H groups in total. The van der Waals surface area contributed by atoms with Crippen LogP contribution in [-0.2, 0) is 4.79 Å². The van der Waals surface area contributed by atoms with Crippen LogP contribution in [0.3, 0.4) is 0 Å². The molecule has 4 nitrogen and oxygen atoms in total. The van der Waals surface area contributed by atoms with Crippen molar-refractivity contribution in [1.29, 1.82) is 0 Å². The summed E-state index contributed by atoms with van der Waals surface area (Å²) in [5, 5.41) is 0. The van der Waals surface area contributed by atoms with Crippen LogP contribution in [0.15, 0.2) is 24.3 Å². The number of para-hydroxylation sites is 2. The molecular weight excluding hydrogens is 192 g/mol. The summed E-state index contributed by atoms with van der Waals surface area (Å²) in [7, 11) is 0. The highest BCUT2D eigenvalue weighted by atomic mass is 16.1. The first-order valence-electron chi connectivity index (χ1n) is 4.64. The largest absolute Gasteiger partial charge is 0.335 e. The lowest BCUT2D eigenvalue weighted by molar-refractivity contribution is -0.116. The Kier molecular flexibility index (Phi) is 2.33. The topological polar surface area (TPSA) is 62.8 Å². The van der Waals surface area contributed by atoms with E-state index in [9.17, 15) is 9.59 Å². The fourth-order valence-corrected chi connectivity index (χ4v) is 1.39. The number of ketones is 2. The Morgan fingerprint density at radius 2 is 2.07 bits per heavy atom. The van der Waals surface area contributed by atoms with Gasteiger partial charge in [-0.3, -0.25) is 9.59 Å². The van der Waals surface area contributed by atoms with E-state index >= 15 is 0 Å². The maximum atomic E-state index is 11.5. The lowest BCUT2D eigenvalue weighted by atomic mass is 10.2. The van der Waals surface area contributed by atoms with Crippen molar-refractivity contribution in [1.82, 2.24) is 9.97 Å². The molecule has 0 saturated heterocycles. The monoisotopic (exact) mass is 202 g/mol. The van der Waals surface area contributed by atoms with E-state index in [1.807, 2.05) is 24.3 Å². The van der Waals surface area contributed by atoms with Crippen LogP contribution in [0.5, 0.6) is 0 Å². The summed E-state index contributed by atoms with van der Waals surface area (Å²) in [6.45, 7) is 1.39. The van der Waals surface area contributed by atoms with Gasteiger partial charge < -0.3 is 4.98 Å². The molecule has 15 heavy (non-hydrogen) atoms. The van der Waals surface area contributed by atoms with Gasteiger partial charge in [-0.15, -0.1) is 0 Å². The fourth-order valence-electron chi connectivity index (χ4n) is 1.39. The second kappa shape index (κ2) is 3.65. The number of imidazole rings is 1. The van der Waals surface area contributed by atoms with Gasteiger partial charge in [-0.2, -0.15) is 0 Å². The van der Waals surface area contributed by atoms with Crippen LogP contribution in [-0.4, -0.2) is 21.5 Å². The molecule has 1 heterocycles. The number of H-pyrrole nitrogens is 1. The third-order valence-electron chi connectivity index (χ3n) is 2.06. The van der Waals surface area contributed by atoms with E-state index in [1.54, 1.807) is 0 Å². The second-order valence-corrected chi connectivity index (χ2v) is 3.40. The van der Waals surface area contributed by atoms with Crippen molar-refractivity contribution in [3.05, 3.63) is 30.1 Å². The van der Waals surface area contributed by atoms with Gasteiger partial charge in [0.25, 0.3) is 0 Å². The van der Waals surface area contributed by atoms with Crippen LogP contribution in [0, 0.1) is 0 Å². The molecule has 76 valence electrons. The zero-order chi connectivity index (χ0) is 10.8. The smallest absolute Gasteiger partial charge is 0.205 e. The van der Waals surface area contributed by atoms with Gasteiger partial charge in [0, 0.05) is 0 Å². The lowest BCUT2D eigenvalue weighted by Gasteiger charge is -1.90. The van der Waals surface area contributed by atoms with Crippen LogP contribution in [0.4, 0.5) is 0 Å². The van der Waals surface area contributed by atoms with Crippen LogP contribution in [0.1, 0.15) is 24.0 Å². The molecule has 1 aromatic heterocycles. The summed E-state index contributed by atoms with van der Waals surface area (Å²) >= 11 is 0. The van der Waals surface area contributed by atoms with Gasteiger partial charge in [-0.05, 0) is 19.1 Å². The standard InChI is InChI=1S/C11H10N2O2/c1-7(14)6-10(15)11-12-8-4-2-3-5-9(8)13-11/h2-5H,6H2,1H3,(H,12,13). The molecule has 0 bridgehead atoms. The van der Waals surface area contributed by atoms with Crippen molar-refractivity contribution in [3.8, 4) is 0 Å². The molecule has 2 aromatic rings. The first-order valence-corrected chi connectivity index (χ1v) is 4.64. The molecule has 0 aliphatic heterocycles. The van der Waals surface area contributed by atoms with Gasteiger partial charge in [0.1, 0.15) is 5.78 Å². The van der Waals surface area contributed by atoms with Crippen LogP contribution < -0.4 is 0 Å². The minimum atomic E-state index is -0.265. The van der Waals surface area contributed by atoms with Crippen molar-refractivity contribution < 1.29 is 9.59 Å². The molecule has 0 aliphatic carbocycles. The summed E-state index contributed by atoms with van der Waals surface area (Å²) in [5.41, 5.74) is 1.55. The van der Waals surface area contributed by atoms with Gasteiger partial charge in [-0.1, -0.05) is 12.1 Å². The number of hydrogen-bond acceptors (Lipinski definition) is 3. The number of fused-ring (bicyclic) bond motifs is 1. The summed E-state index contributed by atoms with van der Waals surface area (Å²) in [5.74, 6) is -0.162. The van der Waals surface area contributed by atoms with E-state index in [1.165, 1.54) is 6.92 Å². The Balaban J connectivity index is 2.36. The van der Waals surface area contributed by atoms with Gasteiger partial charge in [0.15, 0.2) is 5.82 Å². The number of benzene rings is 1. The molecule has 0 spiro atoms. The molecule has 1 aromatic carbocycles. The number of aromatic nitrogens is 2. The van der Waals surface area contributed by atoms with E-state index in [0.717, 1.165) is 11.0 Å². The highest BCUT2D eigenvalue weighted by molar-refractivity contribution is 6.06. The van der Waals surface area contributed by atoms with E-state index in [2.05, 4.69) is 9.97 Å². The van der Waals surface area contributed by atoms with Gasteiger partial charge in [-0.25, -0.2) is 4.98 Å². The number of carbonyl (C=O) groups excluding carboxylic acids is 2. The first-order chi connectivity index (χ1) is 7.16. The van der Waals surface area contributed by atoms with Gasteiger partial charge in [0.05, 0.1) is 17.5 Å². The Morgan fingerprint density at radius 1 is 1.33 bits per heavy atom. The Morgan fingerprint density at radius 3 is 2.73 bits per heavy atom. The summed E-state index contributed by atoms with van der Waals surface area (Å²) in [4.78, 5) is 29.3. The summed E-state index contributed by atoms with van der Waals surface area (Å²) in [6.07, 6.45) is -0.0974. The average molecular weight is 202 g/mol. The predicted molar refractivity (Wildman–Crippen MR) is 55.7 cm³/mol. The lowest BCUT2D eigenvalue weighted by Crippen LogP contribution is -2.06. The maximum absolute atomic E-state index is 11.5. The Labute approximate surface area is 86.3 Å². The zero-order valence-corrected chi connectivity index (χ0v) is 8.28. The van der Waals surface area contributed by atoms with E-state index in [0.29, 0.717) is 0 Å². The highest BCUT2D eigenvalue weighted by Gasteiger charge is 2.12. The molecule has 0 unspecified atom stereocenters. The number of carbonyl (C=O) groups is 2. The van der Waals surface area contributed by atoms with Gasteiger partial charge >= 0.3 is 0 Å². The molecule has 0 amide bonds. The third kappa shape index (κ3) is 1.93. The molecule has 0 saturated carbocycles. The second-order valence-electron chi connectivity index (χ2n) is 3.40. The molecular formula is C11H10N2O2. The van der Waals surface area contributed by atoms with Gasteiger partial charge in [0.2, 0.25) is 5.78 Å². The van der Waals surface area contributed by atoms with Crippen molar-refractivity contribution >= 4 is 22.6 Å². The van der Waals surface area contributed by atoms with Crippen molar-refractivity contribution in [3.63, 3.8) is 0 Å². The zero-order valence-electron chi connectivity index (χ0n) is 8.28. The van der Waals surface area contributed by atoms with Crippen molar-refractivity contribution in [2.24, 2.45) is 0 Å². The maximum Gasteiger partial charge on any atom is 0.205 e. The normalized spacial score (nSPS) is 10.5. The van der Waals surface area contributed by atoms with Crippen LogP contribution in [0.2, 0.25) is 0 Å². The number of aromatic amines is 1.